The van der Waals surface area contributed by atoms with E-state index < -0.39 is 18.0 Å². The van der Waals surface area contributed by atoms with Crippen LogP contribution in [0.25, 0.3) is 0 Å². The van der Waals surface area contributed by atoms with Crippen LogP contribution in [0.1, 0.15) is 17.1 Å². The third-order valence-corrected chi connectivity index (χ3v) is 0.986. The van der Waals surface area contributed by atoms with Crippen molar-refractivity contribution in [3.05, 3.63) is 0 Å². The van der Waals surface area contributed by atoms with Gasteiger partial charge in [0, 0.05) is 6.42 Å². The predicted octanol–water partition coefficient (Wildman–Crippen LogP) is -4.60. The van der Waals surface area contributed by atoms with E-state index in [-0.39, 0.29) is 89.9 Å². The summed E-state index contributed by atoms with van der Waals surface area (Å²) >= 11 is 0. The first-order chi connectivity index (χ1) is 4.54. The fourth-order valence-corrected chi connectivity index (χ4v) is 0.402. The van der Waals surface area contributed by atoms with Gasteiger partial charge in [-0.25, -0.2) is 0 Å². The van der Waals surface area contributed by atoms with Crippen LogP contribution in [-0.2, 0) is 9.59 Å². The third-order valence-electron chi connectivity index (χ3n) is 0.986. The molecule has 72 valence electrons. The first-order valence-corrected chi connectivity index (χ1v) is 2.74. The molecule has 0 saturated heterocycles. The van der Waals surface area contributed by atoms with Gasteiger partial charge in [0.25, 0.3) is 0 Å². The van der Waals surface area contributed by atoms with E-state index in [0.717, 1.165) is 0 Å². The number of carbonyl (C=O) groups is 2. The van der Waals surface area contributed by atoms with Gasteiger partial charge in [0.15, 0.2) is 0 Å². The Labute approximate surface area is 132 Å². The Hall–Kier alpha value is 1.12. The molecule has 6 N–H and O–H groups in total. The molecule has 1 atom stereocenters. The molecule has 0 amide bonds. The van der Waals surface area contributed by atoms with Crippen LogP contribution in [0.15, 0.2) is 0 Å². The van der Waals surface area contributed by atoms with Crippen LogP contribution in [0.2, 0.25) is 0 Å². The Morgan fingerprint density at radius 3 is 2.00 bits per heavy atom. The molecule has 0 saturated carbocycles. The van der Waals surface area contributed by atoms with Gasteiger partial charge < -0.3 is 25.7 Å². The Morgan fingerprint density at radius 2 is 1.77 bits per heavy atom. The SMILES string of the molecule is N[C@@H](CCC(=O)O)C(=O)O.O.[Ca+2].[H-].[H-].[H-].[Na+]. The van der Waals surface area contributed by atoms with Crippen molar-refractivity contribution < 1.29 is 59.1 Å². The van der Waals surface area contributed by atoms with E-state index in [1.165, 1.54) is 0 Å². The summed E-state index contributed by atoms with van der Waals surface area (Å²) < 4.78 is 0. The summed E-state index contributed by atoms with van der Waals surface area (Å²) in [4.78, 5) is 19.9. The zero-order chi connectivity index (χ0) is 8.15. The van der Waals surface area contributed by atoms with Crippen molar-refractivity contribution in [2.45, 2.75) is 18.9 Å². The standard InChI is InChI=1S/C5H9NO4.Ca.Na.H2O.3H/c6-3(5(9)10)1-2-4(7)8;;;;;;/h3H,1-2,6H2,(H,7,8)(H,9,10);;;1H2;;;/q;+2;+1;;3*-1/t3-;;;;;;/m0....../s1. The monoisotopic (exact) mass is 231 g/mol. The molecule has 0 aromatic heterocycles. The Morgan fingerprint density at radius 1 is 1.38 bits per heavy atom. The summed E-state index contributed by atoms with van der Waals surface area (Å²) in [5.74, 6) is -2.20. The minimum absolute atomic E-state index is 0. The van der Waals surface area contributed by atoms with Gasteiger partial charge in [-0.1, -0.05) is 0 Å². The van der Waals surface area contributed by atoms with Crippen molar-refractivity contribution in [2.75, 3.05) is 0 Å². The molecule has 0 heterocycles. The molecule has 0 aromatic rings. The molecule has 0 unspecified atom stereocenters. The average Bonchev–Trinajstić information content (AvgIpc) is 1.82. The molecule has 0 bridgehead atoms. The van der Waals surface area contributed by atoms with Crippen LogP contribution in [-0.4, -0.2) is 71.4 Å². The van der Waals surface area contributed by atoms with Crippen LogP contribution in [0.3, 0.4) is 0 Å². The second kappa shape index (κ2) is 13.1. The smallest absolute Gasteiger partial charge is 1.00 e. The number of nitrogens with two attached hydrogens (primary N) is 1. The van der Waals surface area contributed by atoms with Gasteiger partial charge in [-0.3, -0.25) is 9.59 Å². The summed E-state index contributed by atoms with van der Waals surface area (Å²) in [6, 6.07) is -1.06. The number of carboxylic acid groups (broad SMARTS) is 2. The number of carboxylic acids is 2. The quantitative estimate of drug-likeness (QED) is 0.419. The van der Waals surface area contributed by atoms with E-state index >= 15 is 0 Å². The fraction of sp³-hybridized carbons (Fsp3) is 0.600. The maximum Gasteiger partial charge on any atom is 2.00 e. The van der Waals surface area contributed by atoms with Crippen LogP contribution >= 0.6 is 0 Å². The number of hydrogen-bond donors (Lipinski definition) is 3. The molecule has 0 aromatic carbocycles. The maximum absolute atomic E-state index is 9.99. The van der Waals surface area contributed by atoms with Gasteiger partial charge in [-0.2, -0.15) is 0 Å². The molecule has 13 heavy (non-hydrogen) atoms. The van der Waals surface area contributed by atoms with Gasteiger partial charge in [-0.15, -0.1) is 0 Å². The second-order valence-electron chi connectivity index (χ2n) is 1.88. The number of aliphatic carboxylic acids is 2. The summed E-state index contributed by atoms with van der Waals surface area (Å²) in [5, 5.41) is 16.3. The second-order valence-corrected chi connectivity index (χ2v) is 1.88. The first-order valence-electron chi connectivity index (χ1n) is 2.74. The molecule has 0 fully saturated rings. The maximum atomic E-state index is 9.99. The van der Waals surface area contributed by atoms with Gasteiger partial charge in [0.1, 0.15) is 6.04 Å². The van der Waals surface area contributed by atoms with Gasteiger partial charge in [0.2, 0.25) is 0 Å². The van der Waals surface area contributed by atoms with Crippen molar-refractivity contribution in [1.29, 1.82) is 0 Å². The normalized spacial score (nSPS) is 9.62. The predicted molar refractivity (Wildman–Crippen MR) is 45.2 cm³/mol. The van der Waals surface area contributed by atoms with Crippen molar-refractivity contribution in [3.8, 4) is 0 Å². The van der Waals surface area contributed by atoms with Crippen LogP contribution < -0.4 is 35.3 Å². The van der Waals surface area contributed by atoms with Crippen LogP contribution in [0.5, 0.6) is 0 Å². The molecule has 0 rings (SSSR count). The third kappa shape index (κ3) is 15.8. The summed E-state index contributed by atoms with van der Waals surface area (Å²) in [5.41, 5.74) is 5.00. The Kier molecular flexibility index (Phi) is 24.0. The summed E-state index contributed by atoms with van der Waals surface area (Å²) in [7, 11) is 0. The molecular formula is C5H14CaNNaO5. The van der Waals surface area contributed by atoms with Crippen molar-refractivity contribution >= 4 is 49.7 Å². The molecular weight excluding hydrogens is 217 g/mol. The molecule has 0 aliphatic carbocycles. The molecule has 8 heteroatoms. The van der Waals surface area contributed by atoms with E-state index in [1.807, 2.05) is 0 Å². The summed E-state index contributed by atoms with van der Waals surface area (Å²) in [6.45, 7) is 0. The van der Waals surface area contributed by atoms with Gasteiger partial charge in [-0.05, 0) is 6.42 Å². The minimum Gasteiger partial charge on any atom is -1.00 e. The summed E-state index contributed by atoms with van der Waals surface area (Å²) in [6.07, 6.45) is -0.224. The van der Waals surface area contributed by atoms with Gasteiger partial charge >= 0.3 is 79.2 Å². The van der Waals surface area contributed by atoms with E-state index in [9.17, 15) is 9.59 Å². The van der Waals surface area contributed by atoms with E-state index in [2.05, 4.69) is 0 Å². The molecule has 6 nitrogen and oxygen atoms in total. The average molecular weight is 231 g/mol. The topological polar surface area (TPSA) is 132 Å². The number of hydrogen-bond acceptors (Lipinski definition) is 3. The van der Waals surface area contributed by atoms with Gasteiger partial charge in [0.05, 0.1) is 0 Å². The Bertz CT molecular complexity index is 167. The van der Waals surface area contributed by atoms with Crippen molar-refractivity contribution in [3.63, 3.8) is 0 Å². The van der Waals surface area contributed by atoms with Crippen LogP contribution in [0, 0.1) is 0 Å². The van der Waals surface area contributed by atoms with Crippen molar-refractivity contribution in [2.24, 2.45) is 5.73 Å². The molecule has 0 aliphatic rings. The van der Waals surface area contributed by atoms with E-state index in [4.69, 9.17) is 15.9 Å². The Balaban J connectivity index is -0.0000000270. The van der Waals surface area contributed by atoms with Crippen molar-refractivity contribution in [1.82, 2.24) is 0 Å². The first kappa shape index (κ1) is 23.7. The van der Waals surface area contributed by atoms with E-state index in [1.54, 1.807) is 0 Å². The zero-order valence-corrected chi connectivity index (χ0v) is 11.7. The van der Waals surface area contributed by atoms with Crippen LogP contribution in [0.4, 0.5) is 0 Å². The zero-order valence-electron chi connectivity index (χ0n) is 10.5. The fourth-order valence-electron chi connectivity index (χ4n) is 0.402. The number of rotatable bonds is 4. The molecule has 0 spiro atoms. The minimum atomic E-state index is -1.17. The molecule has 0 radical (unpaired) electrons. The largest absolute Gasteiger partial charge is 2.00 e. The molecule has 0 aliphatic heterocycles. The van der Waals surface area contributed by atoms with E-state index in [0.29, 0.717) is 0 Å².